The van der Waals surface area contributed by atoms with Crippen molar-refractivity contribution in [3.05, 3.63) is 97.1 Å². The van der Waals surface area contributed by atoms with Crippen LogP contribution in [-0.2, 0) is 27.1 Å². The summed E-state index contributed by atoms with van der Waals surface area (Å²) in [4.78, 5) is 55.4. The Bertz CT molecular complexity index is 1680. The van der Waals surface area contributed by atoms with Crippen LogP contribution >= 0.6 is 34.4 Å². The number of nitrogens with one attached hydrogen (secondary N) is 1. The molecule has 4 aromatic rings. The first-order valence-electron chi connectivity index (χ1n) is 12.0. The molecule has 2 unspecified atom stereocenters. The number of aromatic nitrogens is 1. The van der Waals surface area contributed by atoms with Crippen molar-refractivity contribution >= 4 is 63.5 Å². The maximum atomic E-state index is 13.7. The van der Waals surface area contributed by atoms with Gasteiger partial charge < -0.3 is 5.32 Å². The Kier molecular flexibility index (Phi) is 6.67. The highest BCUT2D eigenvalue weighted by molar-refractivity contribution is 8.00. The largest absolute Gasteiger partial charge is 0.418 e. The van der Waals surface area contributed by atoms with Crippen molar-refractivity contribution < 1.29 is 27.6 Å². The highest BCUT2D eigenvalue weighted by Crippen LogP contribution is 2.54. The molecule has 1 N–H and O–H groups in total. The smallest absolute Gasteiger partial charge is 0.324 e. The number of carbonyl (C=O) groups is 3. The maximum Gasteiger partial charge on any atom is 0.418 e. The first-order chi connectivity index (χ1) is 19.1. The Hall–Kier alpha value is -3.68. The van der Waals surface area contributed by atoms with Gasteiger partial charge >= 0.3 is 11.0 Å². The second-order valence-corrected chi connectivity index (χ2v) is 12.2. The van der Waals surface area contributed by atoms with E-state index in [2.05, 4.69) is 5.32 Å². The molecule has 13 heteroatoms. The molecule has 204 valence electrons. The number of thiazole rings is 1. The lowest BCUT2D eigenvalue weighted by atomic mass is 9.87. The van der Waals surface area contributed by atoms with Gasteiger partial charge in [0.1, 0.15) is 11.8 Å². The van der Waals surface area contributed by atoms with Crippen molar-refractivity contribution in [3.63, 3.8) is 0 Å². The van der Waals surface area contributed by atoms with Crippen LogP contribution in [0.3, 0.4) is 0 Å². The highest BCUT2D eigenvalue weighted by Gasteiger charge is 2.57. The van der Waals surface area contributed by atoms with E-state index in [1.165, 1.54) is 32.9 Å². The van der Waals surface area contributed by atoms with Gasteiger partial charge in [0, 0.05) is 15.7 Å². The van der Waals surface area contributed by atoms with Crippen molar-refractivity contribution in [2.45, 2.75) is 28.9 Å². The summed E-state index contributed by atoms with van der Waals surface area (Å²) in [5.74, 6) is -2.96. The first-order valence-corrected chi connectivity index (χ1v) is 14.5. The number of rotatable bonds is 5. The third kappa shape index (κ3) is 4.47. The number of hydrogen-bond acceptors (Lipinski definition) is 7. The Morgan fingerprint density at radius 3 is 2.35 bits per heavy atom. The number of para-hydroxylation sites is 2. The molecule has 0 spiro atoms. The number of hydrogen-bond donors (Lipinski definition) is 1. The number of halogens is 3. The summed E-state index contributed by atoms with van der Waals surface area (Å²) >= 11 is 3.32. The van der Waals surface area contributed by atoms with Crippen LogP contribution in [0.15, 0.2) is 81.9 Å². The Morgan fingerprint density at radius 2 is 1.65 bits per heavy atom. The van der Waals surface area contributed by atoms with Crippen LogP contribution in [0.1, 0.15) is 21.2 Å². The van der Waals surface area contributed by atoms with E-state index in [1.807, 2.05) is 17.5 Å². The number of fused-ring (bicyclic) bond motifs is 2. The van der Waals surface area contributed by atoms with E-state index in [-0.39, 0.29) is 5.91 Å². The number of imide groups is 1. The lowest BCUT2D eigenvalue weighted by Gasteiger charge is -2.29. The maximum absolute atomic E-state index is 13.7. The van der Waals surface area contributed by atoms with E-state index in [4.69, 9.17) is 0 Å². The number of thioether (sulfide) groups is 1. The SMILES string of the molecule is O=C(Cn1c2c(sc1=O)[C@H](c1cccs1)C1C(=O)N(c3ccccc3)C(=O)C1S2)Nc1ccccc1C(F)(F)F. The molecule has 2 aliphatic rings. The van der Waals surface area contributed by atoms with E-state index < -0.39 is 57.7 Å². The van der Waals surface area contributed by atoms with Gasteiger partial charge in [-0.2, -0.15) is 13.2 Å². The standard InChI is InChI=1S/C27H18F3N3O4S3/c28-27(29,30)15-9-4-5-10-16(15)31-18(34)13-32-25-22(40-26(32)37)19(17-11-6-12-38-17)20-21(39-25)24(36)33(23(20)35)14-7-2-1-3-8-14/h1-12,19-21H,13H2,(H,31,34)/t19-,20?,21?/m1/s1. The summed E-state index contributed by atoms with van der Waals surface area (Å²) in [6.45, 7) is -0.553. The average Bonchev–Trinajstić information content (AvgIpc) is 3.62. The van der Waals surface area contributed by atoms with E-state index in [1.54, 1.807) is 30.3 Å². The Labute approximate surface area is 237 Å². The van der Waals surface area contributed by atoms with Crippen molar-refractivity contribution in [2.75, 3.05) is 10.2 Å². The molecule has 0 bridgehead atoms. The van der Waals surface area contributed by atoms with Gasteiger partial charge in [-0.25, -0.2) is 4.90 Å². The van der Waals surface area contributed by atoms with Crippen LogP contribution in [0.2, 0.25) is 0 Å². The molecule has 0 aliphatic carbocycles. The molecule has 2 aromatic carbocycles. The zero-order valence-electron chi connectivity index (χ0n) is 20.3. The summed E-state index contributed by atoms with van der Waals surface area (Å²) < 4.78 is 41.4. The molecule has 7 nitrogen and oxygen atoms in total. The highest BCUT2D eigenvalue weighted by atomic mass is 32.2. The number of nitrogens with zero attached hydrogens (tertiary/aromatic N) is 2. The second kappa shape index (κ2) is 10.1. The molecule has 0 saturated carbocycles. The molecule has 6 rings (SSSR count). The number of carbonyl (C=O) groups excluding carboxylic acids is 3. The number of thiophene rings is 1. The van der Waals surface area contributed by atoms with Crippen molar-refractivity contribution in [3.8, 4) is 0 Å². The van der Waals surface area contributed by atoms with Crippen molar-refractivity contribution in [1.82, 2.24) is 4.57 Å². The molecule has 2 aliphatic heterocycles. The van der Waals surface area contributed by atoms with Crippen LogP contribution in [0.5, 0.6) is 0 Å². The molecule has 2 aromatic heterocycles. The lowest BCUT2D eigenvalue weighted by molar-refractivity contribution is -0.137. The van der Waals surface area contributed by atoms with Gasteiger partial charge in [0.25, 0.3) is 0 Å². The zero-order chi connectivity index (χ0) is 28.2. The fourth-order valence-corrected chi connectivity index (χ4v) is 8.76. The third-order valence-electron chi connectivity index (χ3n) is 6.72. The van der Waals surface area contributed by atoms with Crippen LogP contribution in [-0.4, -0.2) is 27.5 Å². The quantitative estimate of drug-likeness (QED) is 0.309. The molecule has 0 radical (unpaired) electrons. The van der Waals surface area contributed by atoms with Crippen LogP contribution in [0.25, 0.3) is 0 Å². The molecule has 3 amide bonds. The zero-order valence-corrected chi connectivity index (χ0v) is 22.7. The van der Waals surface area contributed by atoms with Crippen LogP contribution in [0.4, 0.5) is 24.5 Å². The molecule has 1 saturated heterocycles. The molecule has 4 heterocycles. The van der Waals surface area contributed by atoms with Crippen LogP contribution < -0.4 is 15.1 Å². The number of benzene rings is 2. The topological polar surface area (TPSA) is 88.5 Å². The first kappa shape index (κ1) is 26.5. The number of alkyl halides is 3. The monoisotopic (exact) mass is 601 g/mol. The molecular formula is C27H18F3N3O4S3. The second-order valence-electron chi connectivity index (χ2n) is 9.12. The fourth-order valence-electron chi connectivity index (χ4n) is 5.03. The predicted octanol–water partition coefficient (Wildman–Crippen LogP) is 5.42. The van der Waals surface area contributed by atoms with Crippen molar-refractivity contribution in [1.29, 1.82) is 0 Å². The van der Waals surface area contributed by atoms with Crippen LogP contribution in [0, 0.1) is 5.92 Å². The fraction of sp³-hybridized carbons (Fsp3) is 0.185. The Morgan fingerprint density at radius 1 is 0.925 bits per heavy atom. The van der Waals surface area contributed by atoms with E-state index in [0.29, 0.717) is 15.6 Å². The minimum atomic E-state index is -4.68. The van der Waals surface area contributed by atoms with Gasteiger partial charge in [-0.15, -0.1) is 11.3 Å². The summed E-state index contributed by atoms with van der Waals surface area (Å²) in [5, 5.41) is 3.63. The van der Waals surface area contributed by atoms with E-state index in [0.717, 1.165) is 40.1 Å². The van der Waals surface area contributed by atoms with Gasteiger partial charge in [0.2, 0.25) is 17.7 Å². The van der Waals surface area contributed by atoms with Gasteiger partial charge in [-0.05, 0) is 35.7 Å². The van der Waals surface area contributed by atoms with E-state index in [9.17, 15) is 32.3 Å². The van der Waals surface area contributed by atoms with Crippen molar-refractivity contribution in [2.24, 2.45) is 5.92 Å². The van der Waals surface area contributed by atoms with E-state index >= 15 is 0 Å². The minimum Gasteiger partial charge on any atom is -0.324 e. The molecule has 3 atom stereocenters. The number of anilines is 2. The summed E-state index contributed by atoms with van der Waals surface area (Å²) in [6.07, 6.45) is -4.68. The average molecular weight is 602 g/mol. The van der Waals surface area contributed by atoms with Gasteiger partial charge in [-0.3, -0.25) is 23.7 Å². The number of amides is 3. The minimum absolute atomic E-state index is 0.366. The summed E-state index contributed by atoms with van der Waals surface area (Å²) in [7, 11) is 0. The van der Waals surface area contributed by atoms with Gasteiger partial charge in [0.05, 0.1) is 27.9 Å². The predicted molar refractivity (Wildman–Crippen MR) is 147 cm³/mol. The van der Waals surface area contributed by atoms with Gasteiger partial charge in [-0.1, -0.05) is 59.5 Å². The summed E-state index contributed by atoms with van der Waals surface area (Å²) in [6, 6.07) is 16.8. The molecule has 1 fully saturated rings. The molecular weight excluding hydrogens is 584 g/mol. The summed E-state index contributed by atoms with van der Waals surface area (Å²) in [5.41, 5.74) is -0.980. The third-order valence-corrected chi connectivity index (χ3v) is 10.3. The van der Waals surface area contributed by atoms with Gasteiger partial charge in [0.15, 0.2) is 0 Å². The lowest BCUT2D eigenvalue weighted by Crippen LogP contribution is -2.32. The Balaban J connectivity index is 1.37. The molecule has 40 heavy (non-hydrogen) atoms. The normalized spacial score (nSPS) is 20.4.